The molecule has 1 atom stereocenters. The van der Waals surface area contributed by atoms with Gasteiger partial charge in [-0.15, -0.1) is 0 Å². The van der Waals surface area contributed by atoms with E-state index in [1.807, 2.05) is 6.92 Å². The number of aryl methyl sites for hydroxylation is 2. The number of amides is 4. The van der Waals surface area contributed by atoms with E-state index >= 15 is 0 Å². The summed E-state index contributed by atoms with van der Waals surface area (Å²) < 4.78 is 0. The molecule has 1 aromatic rings. The largest absolute Gasteiger partial charge is 0.349 e. The lowest BCUT2D eigenvalue weighted by atomic mass is 9.95. The van der Waals surface area contributed by atoms with Gasteiger partial charge in [-0.05, 0) is 44.6 Å². The number of fused-ring (bicyclic) bond motifs is 1. The summed E-state index contributed by atoms with van der Waals surface area (Å²) in [5.74, 6) is 0.0396. The fourth-order valence-corrected chi connectivity index (χ4v) is 3.13. The molecule has 1 aliphatic carbocycles. The van der Waals surface area contributed by atoms with Gasteiger partial charge in [-0.3, -0.25) is 14.9 Å². The van der Waals surface area contributed by atoms with Crippen molar-refractivity contribution in [1.82, 2.24) is 25.9 Å². The number of nitrogens with zero attached hydrogens (tertiary/aromatic N) is 2. The minimum absolute atomic E-state index is 0.155. The van der Waals surface area contributed by atoms with E-state index in [1.165, 1.54) is 12.0 Å². The third-order valence-electron chi connectivity index (χ3n) is 4.40. The summed E-state index contributed by atoms with van der Waals surface area (Å²) >= 11 is 0. The van der Waals surface area contributed by atoms with Gasteiger partial charge in [0.05, 0.1) is 6.54 Å². The van der Waals surface area contributed by atoms with E-state index in [0.29, 0.717) is 5.82 Å². The fourth-order valence-electron chi connectivity index (χ4n) is 3.13. The predicted molar refractivity (Wildman–Crippen MR) is 85.0 cm³/mol. The molecule has 1 aromatic heterocycles. The van der Waals surface area contributed by atoms with Crippen LogP contribution in [0.5, 0.6) is 0 Å². The number of carbonyl (C=O) groups is 3. The molecule has 1 unspecified atom stereocenters. The Bertz CT molecular complexity index is 689. The Kier molecular flexibility index (Phi) is 4.73. The van der Waals surface area contributed by atoms with Crippen LogP contribution in [0.2, 0.25) is 0 Å². The molecule has 24 heavy (non-hydrogen) atoms. The van der Waals surface area contributed by atoms with Gasteiger partial charge in [0.1, 0.15) is 11.9 Å². The van der Waals surface area contributed by atoms with Crippen molar-refractivity contribution in [3.63, 3.8) is 0 Å². The molecule has 2 heterocycles. The number of aromatic nitrogens is 2. The van der Waals surface area contributed by atoms with Crippen molar-refractivity contribution in [1.29, 1.82) is 0 Å². The number of urea groups is 1. The van der Waals surface area contributed by atoms with E-state index in [-0.39, 0.29) is 31.2 Å². The molecule has 8 nitrogen and oxygen atoms in total. The Morgan fingerprint density at radius 3 is 2.79 bits per heavy atom. The van der Waals surface area contributed by atoms with Gasteiger partial charge in [0.15, 0.2) is 0 Å². The van der Waals surface area contributed by atoms with Crippen molar-refractivity contribution in [2.75, 3.05) is 0 Å². The van der Waals surface area contributed by atoms with E-state index in [4.69, 9.17) is 0 Å². The van der Waals surface area contributed by atoms with Crippen LogP contribution in [0.3, 0.4) is 0 Å². The molecule has 2 aliphatic rings. The van der Waals surface area contributed by atoms with E-state index in [2.05, 4.69) is 25.9 Å². The maximum atomic E-state index is 11.9. The summed E-state index contributed by atoms with van der Waals surface area (Å²) in [4.78, 5) is 43.4. The molecule has 3 rings (SSSR count). The Labute approximate surface area is 139 Å². The van der Waals surface area contributed by atoms with Gasteiger partial charge in [-0.1, -0.05) is 0 Å². The molecule has 0 bridgehead atoms. The molecule has 1 fully saturated rings. The van der Waals surface area contributed by atoms with Crippen molar-refractivity contribution >= 4 is 17.8 Å². The van der Waals surface area contributed by atoms with E-state index in [0.717, 1.165) is 30.7 Å². The molecule has 0 saturated carbocycles. The maximum absolute atomic E-state index is 11.9. The number of carbonyl (C=O) groups excluding carboxylic acids is 3. The number of imide groups is 1. The number of hydrogen-bond donors (Lipinski definition) is 3. The van der Waals surface area contributed by atoms with Gasteiger partial charge in [0, 0.05) is 17.8 Å². The lowest BCUT2D eigenvalue weighted by molar-refractivity contribution is -0.122. The van der Waals surface area contributed by atoms with Gasteiger partial charge < -0.3 is 10.6 Å². The van der Waals surface area contributed by atoms with Crippen LogP contribution in [0.25, 0.3) is 0 Å². The third-order valence-corrected chi connectivity index (χ3v) is 4.40. The fraction of sp³-hybridized carbons (Fsp3) is 0.562. The maximum Gasteiger partial charge on any atom is 0.322 e. The van der Waals surface area contributed by atoms with Crippen molar-refractivity contribution in [2.45, 2.75) is 58.0 Å². The zero-order valence-electron chi connectivity index (χ0n) is 13.6. The number of nitrogens with one attached hydrogen (secondary N) is 3. The van der Waals surface area contributed by atoms with E-state index in [9.17, 15) is 14.4 Å². The first-order chi connectivity index (χ1) is 11.5. The van der Waals surface area contributed by atoms with Crippen LogP contribution < -0.4 is 16.0 Å². The lowest BCUT2D eigenvalue weighted by Crippen LogP contribution is -2.32. The summed E-state index contributed by atoms with van der Waals surface area (Å²) in [6, 6.07) is -1.14. The number of rotatable bonds is 5. The number of hydrogen-bond acceptors (Lipinski definition) is 5. The van der Waals surface area contributed by atoms with Gasteiger partial charge in [0.25, 0.3) is 5.91 Å². The molecule has 128 valence electrons. The van der Waals surface area contributed by atoms with Crippen LogP contribution in [0.1, 0.15) is 48.5 Å². The topological polar surface area (TPSA) is 113 Å². The molecule has 0 aromatic carbocycles. The second-order valence-electron chi connectivity index (χ2n) is 6.19. The van der Waals surface area contributed by atoms with Crippen LogP contribution in [-0.4, -0.2) is 33.9 Å². The minimum Gasteiger partial charge on any atom is -0.349 e. The lowest BCUT2D eigenvalue weighted by Gasteiger charge is -2.17. The molecule has 3 N–H and O–H groups in total. The smallest absolute Gasteiger partial charge is 0.322 e. The third kappa shape index (κ3) is 3.69. The van der Waals surface area contributed by atoms with Crippen molar-refractivity contribution < 1.29 is 14.4 Å². The molecule has 1 aliphatic heterocycles. The first-order valence-corrected chi connectivity index (χ1v) is 8.26. The average molecular weight is 331 g/mol. The minimum atomic E-state index is -0.634. The average Bonchev–Trinajstić information content (AvgIpc) is 2.88. The highest BCUT2D eigenvalue weighted by Gasteiger charge is 2.29. The summed E-state index contributed by atoms with van der Waals surface area (Å²) in [5, 5.41) is 7.39. The second kappa shape index (κ2) is 6.94. The van der Waals surface area contributed by atoms with Crippen LogP contribution >= 0.6 is 0 Å². The van der Waals surface area contributed by atoms with Gasteiger partial charge >= 0.3 is 6.03 Å². The first-order valence-electron chi connectivity index (χ1n) is 8.26. The SMILES string of the molecule is Cc1nc(CNC(=O)CCC2NC(=O)NC2=O)nc2c1CCCC2. The molecule has 0 radical (unpaired) electrons. The van der Waals surface area contributed by atoms with E-state index in [1.54, 1.807) is 0 Å². The van der Waals surface area contributed by atoms with Crippen molar-refractivity contribution in [3.05, 3.63) is 22.8 Å². The Balaban J connectivity index is 1.50. The van der Waals surface area contributed by atoms with Crippen LogP contribution in [0, 0.1) is 6.92 Å². The standard InChI is InChI=1S/C16H21N5O3/c1-9-10-4-2-3-5-11(10)19-13(18-9)8-17-14(22)7-6-12-15(23)21-16(24)20-12/h12H,2-8H2,1H3,(H,17,22)(H2,20,21,23,24). The van der Waals surface area contributed by atoms with Gasteiger partial charge in [-0.2, -0.15) is 0 Å². The highest BCUT2D eigenvalue weighted by molar-refractivity contribution is 6.04. The quantitative estimate of drug-likeness (QED) is 0.670. The van der Waals surface area contributed by atoms with Crippen LogP contribution in [-0.2, 0) is 29.0 Å². The second-order valence-corrected chi connectivity index (χ2v) is 6.19. The first kappa shape index (κ1) is 16.4. The summed E-state index contributed by atoms with van der Waals surface area (Å²) in [6.45, 7) is 2.26. The molecular weight excluding hydrogens is 310 g/mol. The summed E-state index contributed by atoms with van der Waals surface area (Å²) in [6.07, 6.45) is 4.75. The Hall–Kier alpha value is -2.51. The Morgan fingerprint density at radius 1 is 1.25 bits per heavy atom. The molecule has 8 heteroatoms. The normalized spacial score (nSPS) is 19.5. The molecule has 4 amide bonds. The van der Waals surface area contributed by atoms with Crippen molar-refractivity contribution in [2.24, 2.45) is 0 Å². The van der Waals surface area contributed by atoms with Crippen LogP contribution in [0.4, 0.5) is 4.79 Å². The predicted octanol–water partition coefficient (Wildman–Crippen LogP) is 0.268. The highest BCUT2D eigenvalue weighted by atomic mass is 16.2. The van der Waals surface area contributed by atoms with E-state index < -0.39 is 12.1 Å². The zero-order valence-corrected chi connectivity index (χ0v) is 13.6. The Morgan fingerprint density at radius 2 is 2.04 bits per heavy atom. The summed E-state index contributed by atoms with van der Waals surface area (Å²) in [7, 11) is 0. The monoisotopic (exact) mass is 331 g/mol. The molecule has 0 spiro atoms. The highest BCUT2D eigenvalue weighted by Crippen LogP contribution is 2.21. The van der Waals surface area contributed by atoms with Gasteiger partial charge in [0.2, 0.25) is 5.91 Å². The molecular formula is C16H21N5O3. The van der Waals surface area contributed by atoms with Crippen LogP contribution in [0.15, 0.2) is 0 Å². The molecule has 1 saturated heterocycles. The summed E-state index contributed by atoms with van der Waals surface area (Å²) in [5.41, 5.74) is 3.34. The van der Waals surface area contributed by atoms with Gasteiger partial charge in [-0.25, -0.2) is 14.8 Å². The zero-order chi connectivity index (χ0) is 17.1. The van der Waals surface area contributed by atoms with Crippen molar-refractivity contribution in [3.8, 4) is 0 Å².